The molecule has 0 radical (unpaired) electrons. The van der Waals surface area contributed by atoms with Gasteiger partial charge in [-0.15, -0.1) is 0 Å². The molecular weight excluding hydrogens is 360 g/mol. The molecule has 3 rings (SSSR count). The predicted octanol–water partition coefficient (Wildman–Crippen LogP) is 4.34. The summed E-state index contributed by atoms with van der Waals surface area (Å²) in [7, 11) is 1.59. The molecule has 1 aliphatic rings. The van der Waals surface area contributed by atoms with Crippen LogP contribution in [0.5, 0.6) is 11.5 Å². The summed E-state index contributed by atoms with van der Waals surface area (Å²) in [6, 6.07) is 14.3. The van der Waals surface area contributed by atoms with Crippen LogP contribution in [0.15, 0.2) is 48.5 Å². The van der Waals surface area contributed by atoms with Crippen LogP contribution in [0, 0.1) is 5.92 Å². The molecule has 2 aromatic rings. The van der Waals surface area contributed by atoms with E-state index in [1.807, 2.05) is 18.2 Å². The van der Waals surface area contributed by atoms with E-state index in [1.54, 1.807) is 37.4 Å². The van der Waals surface area contributed by atoms with Crippen molar-refractivity contribution in [3.05, 3.63) is 54.1 Å². The molecule has 0 unspecified atom stereocenters. The molecule has 27 heavy (non-hydrogen) atoms. The summed E-state index contributed by atoms with van der Waals surface area (Å²) < 4.78 is 11.0. The Labute approximate surface area is 165 Å². The lowest BCUT2D eigenvalue weighted by Gasteiger charge is -2.31. The Morgan fingerprint density at radius 2 is 1.81 bits per heavy atom. The molecule has 5 nitrogen and oxygen atoms in total. The van der Waals surface area contributed by atoms with E-state index in [0.29, 0.717) is 27.9 Å². The Morgan fingerprint density at radius 3 is 2.56 bits per heavy atom. The lowest BCUT2D eigenvalue weighted by molar-refractivity contribution is 0.102. The number of methoxy groups -OCH3 is 1. The predicted molar refractivity (Wildman–Crippen MR) is 111 cm³/mol. The summed E-state index contributed by atoms with van der Waals surface area (Å²) >= 11 is 5.43. The van der Waals surface area contributed by atoms with Gasteiger partial charge < -0.3 is 19.7 Å². The highest BCUT2D eigenvalue weighted by molar-refractivity contribution is 7.80. The van der Waals surface area contributed by atoms with Crippen LogP contribution in [0.25, 0.3) is 0 Å². The molecular formula is C21H24N2O3S. The molecule has 1 N–H and O–H groups in total. The summed E-state index contributed by atoms with van der Waals surface area (Å²) in [6.45, 7) is 4.08. The number of likely N-dealkylation sites (tertiary alicyclic amines) is 1. The first kappa shape index (κ1) is 19.2. The SMILES string of the molecule is COc1cccc(NC(=O)c2cccc(OC(=S)N3CCC(C)CC3)c2)c1. The summed E-state index contributed by atoms with van der Waals surface area (Å²) in [5.41, 5.74) is 1.18. The zero-order valence-corrected chi connectivity index (χ0v) is 16.4. The van der Waals surface area contributed by atoms with Crippen LogP contribution >= 0.6 is 12.2 Å². The number of hydrogen-bond donors (Lipinski definition) is 1. The maximum atomic E-state index is 12.5. The smallest absolute Gasteiger partial charge is 0.264 e. The van der Waals surface area contributed by atoms with E-state index in [-0.39, 0.29) is 5.91 Å². The van der Waals surface area contributed by atoms with Crippen molar-refractivity contribution in [2.75, 3.05) is 25.5 Å². The zero-order valence-electron chi connectivity index (χ0n) is 15.6. The molecule has 0 aliphatic carbocycles. The van der Waals surface area contributed by atoms with Crippen LogP contribution in [0.1, 0.15) is 30.1 Å². The molecule has 0 atom stereocenters. The van der Waals surface area contributed by atoms with Crippen LogP contribution in [0.2, 0.25) is 0 Å². The van der Waals surface area contributed by atoms with Gasteiger partial charge in [-0.05, 0) is 61.3 Å². The van der Waals surface area contributed by atoms with E-state index in [9.17, 15) is 4.79 Å². The number of nitrogens with one attached hydrogen (secondary N) is 1. The molecule has 6 heteroatoms. The number of rotatable bonds is 4. The Morgan fingerprint density at radius 1 is 1.11 bits per heavy atom. The van der Waals surface area contributed by atoms with Gasteiger partial charge >= 0.3 is 0 Å². The maximum Gasteiger partial charge on any atom is 0.264 e. The van der Waals surface area contributed by atoms with Gasteiger partial charge in [-0.3, -0.25) is 4.79 Å². The molecule has 1 amide bonds. The highest BCUT2D eigenvalue weighted by Crippen LogP contribution is 2.21. The highest BCUT2D eigenvalue weighted by Gasteiger charge is 2.19. The van der Waals surface area contributed by atoms with E-state index < -0.39 is 0 Å². The van der Waals surface area contributed by atoms with E-state index in [0.717, 1.165) is 31.8 Å². The number of anilines is 1. The maximum absolute atomic E-state index is 12.5. The quantitative estimate of drug-likeness (QED) is 0.795. The van der Waals surface area contributed by atoms with Crippen molar-refractivity contribution in [3.8, 4) is 11.5 Å². The number of carbonyl (C=O) groups excluding carboxylic acids is 1. The van der Waals surface area contributed by atoms with Gasteiger partial charge in [0.2, 0.25) is 0 Å². The number of thiocarbonyl (C=S) groups is 1. The summed E-state index contributed by atoms with van der Waals surface area (Å²) in [4.78, 5) is 14.6. The summed E-state index contributed by atoms with van der Waals surface area (Å²) in [5.74, 6) is 1.77. The highest BCUT2D eigenvalue weighted by atomic mass is 32.1. The van der Waals surface area contributed by atoms with Crippen molar-refractivity contribution in [2.45, 2.75) is 19.8 Å². The molecule has 0 saturated carbocycles. The number of piperidine rings is 1. The van der Waals surface area contributed by atoms with Gasteiger partial charge in [0.15, 0.2) is 0 Å². The van der Waals surface area contributed by atoms with Crippen LogP contribution in [0.4, 0.5) is 5.69 Å². The standard InChI is InChI=1S/C21H24N2O3S/c1-15-9-11-23(12-10-15)21(27)26-19-8-3-5-16(13-19)20(24)22-17-6-4-7-18(14-17)25-2/h3-8,13-15H,9-12H2,1-2H3,(H,22,24). The Bertz CT molecular complexity index is 817. The number of amides is 1. The van der Waals surface area contributed by atoms with E-state index in [1.165, 1.54) is 0 Å². The van der Waals surface area contributed by atoms with Crippen molar-refractivity contribution in [2.24, 2.45) is 5.92 Å². The minimum absolute atomic E-state index is 0.216. The van der Waals surface area contributed by atoms with Gasteiger partial charge in [0.25, 0.3) is 11.1 Å². The molecule has 0 spiro atoms. The average Bonchev–Trinajstić information content (AvgIpc) is 2.68. The largest absolute Gasteiger partial charge is 0.497 e. The molecule has 1 aliphatic heterocycles. The van der Waals surface area contributed by atoms with Crippen LogP contribution < -0.4 is 14.8 Å². The fraction of sp³-hybridized carbons (Fsp3) is 0.333. The fourth-order valence-corrected chi connectivity index (χ4v) is 3.24. The van der Waals surface area contributed by atoms with Gasteiger partial charge in [-0.2, -0.15) is 0 Å². The average molecular weight is 385 g/mol. The molecule has 0 bridgehead atoms. The third-order valence-electron chi connectivity index (χ3n) is 4.67. The van der Waals surface area contributed by atoms with Crippen molar-refractivity contribution in [1.29, 1.82) is 0 Å². The number of nitrogens with zero attached hydrogens (tertiary/aromatic N) is 1. The number of hydrogen-bond acceptors (Lipinski definition) is 4. The molecule has 1 heterocycles. The Balaban J connectivity index is 1.64. The first-order valence-corrected chi connectivity index (χ1v) is 9.48. The van der Waals surface area contributed by atoms with Gasteiger partial charge in [0, 0.05) is 30.4 Å². The third-order valence-corrected chi connectivity index (χ3v) is 5.01. The van der Waals surface area contributed by atoms with E-state index in [4.69, 9.17) is 21.7 Å². The molecule has 0 aromatic heterocycles. The van der Waals surface area contributed by atoms with Gasteiger partial charge in [-0.1, -0.05) is 19.1 Å². The van der Waals surface area contributed by atoms with Gasteiger partial charge in [0.05, 0.1) is 7.11 Å². The number of ether oxygens (including phenoxy) is 2. The summed E-state index contributed by atoms with van der Waals surface area (Å²) in [6.07, 6.45) is 2.24. The second-order valence-electron chi connectivity index (χ2n) is 6.75. The van der Waals surface area contributed by atoms with E-state index in [2.05, 4.69) is 17.1 Å². The fourth-order valence-electron chi connectivity index (χ4n) is 2.96. The van der Waals surface area contributed by atoms with Crippen LogP contribution in [0.3, 0.4) is 0 Å². The second-order valence-corrected chi connectivity index (χ2v) is 7.10. The number of carbonyl (C=O) groups is 1. The van der Waals surface area contributed by atoms with E-state index >= 15 is 0 Å². The first-order valence-electron chi connectivity index (χ1n) is 9.07. The lowest BCUT2D eigenvalue weighted by atomic mass is 10.00. The second kappa shape index (κ2) is 8.86. The minimum atomic E-state index is -0.216. The zero-order chi connectivity index (χ0) is 19.2. The molecule has 1 saturated heterocycles. The molecule has 1 fully saturated rings. The first-order chi connectivity index (χ1) is 13.0. The lowest BCUT2D eigenvalue weighted by Crippen LogP contribution is -2.39. The van der Waals surface area contributed by atoms with Crippen molar-refractivity contribution >= 4 is 29.0 Å². The third kappa shape index (κ3) is 5.20. The summed E-state index contributed by atoms with van der Waals surface area (Å²) in [5, 5.41) is 3.33. The number of benzene rings is 2. The minimum Gasteiger partial charge on any atom is -0.497 e. The van der Waals surface area contributed by atoms with Crippen LogP contribution in [-0.2, 0) is 0 Å². The van der Waals surface area contributed by atoms with Crippen molar-refractivity contribution < 1.29 is 14.3 Å². The van der Waals surface area contributed by atoms with Crippen LogP contribution in [-0.4, -0.2) is 36.2 Å². The Hall–Kier alpha value is -2.60. The van der Waals surface area contributed by atoms with Gasteiger partial charge in [0.1, 0.15) is 11.5 Å². The van der Waals surface area contributed by atoms with Crippen molar-refractivity contribution in [3.63, 3.8) is 0 Å². The normalized spacial score (nSPS) is 14.5. The molecule has 2 aromatic carbocycles. The topological polar surface area (TPSA) is 50.8 Å². The molecule has 142 valence electrons. The van der Waals surface area contributed by atoms with Crippen molar-refractivity contribution in [1.82, 2.24) is 4.90 Å². The Kier molecular flexibility index (Phi) is 6.29. The monoisotopic (exact) mass is 384 g/mol. The van der Waals surface area contributed by atoms with Gasteiger partial charge in [-0.25, -0.2) is 0 Å².